The van der Waals surface area contributed by atoms with Gasteiger partial charge in [-0.15, -0.1) is 0 Å². The number of aromatic nitrogens is 13. The van der Waals surface area contributed by atoms with Gasteiger partial charge in [0, 0.05) is 179 Å². The number of fused-ring (bicyclic) bond motifs is 29. The third kappa shape index (κ3) is 12.2. The molecule has 0 radical (unpaired) electrons. The molecule has 0 bridgehead atoms. The molecule has 32 aromatic rings. The van der Waals surface area contributed by atoms with Crippen molar-refractivity contribution in [1.29, 1.82) is 0 Å². The van der Waals surface area contributed by atoms with Crippen LogP contribution in [0.1, 0.15) is 0 Å². The molecule has 143 heavy (non-hydrogen) atoms. The summed E-state index contributed by atoms with van der Waals surface area (Å²) in [5.41, 5.74) is 31.1. The Labute approximate surface area is 816 Å². The highest BCUT2D eigenvalue weighted by Crippen LogP contribution is 2.48. The molecular formula is C130H81N13. The predicted octanol–water partition coefficient (Wildman–Crippen LogP) is 32.8. The van der Waals surface area contributed by atoms with Crippen LogP contribution in [0.2, 0.25) is 0 Å². The second kappa shape index (κ2) is 31.5. The van der Waals surface area contributed by atoms with Gasteiger partial charge in [-0.3, -0.25) is 14.5 Å². The first-order valence-electron chi connectivity index (χ1n) is 48.6. The fourth-order valence-corrected chi connectivity index (χ4v) is 23.6. The molecule has 0 N–H and O–H groups in total. The first kappa shape index (κ1) is 79.7. The number of pyridine rings is 2. The van der Waals surface area contributed by atoms with Gasteiger partial charge in [0.1, 0.15) is 12.0 Å². The van der Waals surface area contributed by atoms with Crippen molar-refractivity contribution < 1.29 is 0 Å². The topological polar surface area (TPSA) is 95.9 Å². The van der Waals surface area contributed by atoms with E-state index in [4.69, 9.17) is 4.98 Å². The molecule has 32 rings (SSSR count). The summed E-state index contributed by atoms with van der Waals surface area (Å²) < 4.78 is 21.4. The molecule has 12 heterocycles. The van der Waals surface area contributed by atoms with E-state index in [2.05, 4.69) is 505 Å². The Hall–Kier alpha value is -19.5. The number of rotatable bonds is 9. The summed E-state index contributed by atoms with van der Waals surface area (Å²) in [5.74, 6) is 0. The molecule has 0 aliphatic carbocycles. The van der Waals surface area contributed by atoms with E-state index in [9.17, 15) is 0 Å². The third-order valence-corrected chi connectivity index (χ3v) is 29.7. The Morgan fingerprint density at radius 2 is 0.357 bits per heavy atom. The second-order valence-corrected chi connectivity index (χ2v) is 37.3. The van der Waals surface area contributed by atoms with Gasteiger partial charge in [-0.2, -0.15) is 0 Å². The lowest BCUT2D eigenvalue weighted by atomic mass is 10.1. The number of benzene rings is 20. The van der Waals surface area contributed by atoms with Crippen molar-refractivity contribution in [2.24, 2.45) is 0 Å². The van der Waals surface area contributed by atoms with E-state index in [1.165, 1.54) is 163 Å². The van der Waals surface area contributed by atoms with Crippen molar-refractivity contribution in [3.8, 4) is 51.2 Å². The third-order valence-electron chi connectivity index (χ3n) is 29.7. The van der Waals surface area contributed by atoms with Crippen molar-refractivity contribution in [2.45, 2.75) is 0 Å². The van der Waals surface area contributed by atoms with Gasteiger partial charge < -0.3 is 36.5 Å². The molecule has 0 unspecified atom stereocenters. The van der Waals surface area contributed by atoms with E-state index in [1.807, 2.05) is 37.1 Å². The van der Waals surface area contributed by atoms with Gasteiger partial charge in [-0.25, -0.2) is 9.97 Å². The highest BCUT2D eigenvalue weighted by atomic mass is 15.1. The smallest absolute Gasteiger partial charge is 0.148 e. The molecule has 0 atom stereocenters. The Kier molecular flexibility index (Phi) is 17.6. The summed E-state index contributed by atoms with van der Waals surface area (Å²) in [5, 5.41) is 26.7. The zero-order chi connectivity index (χ0) is 93.6. The standard InChI is InChI=1S/2C45H28N4.C40H25N5/c1-2-12-31(13-3-1)47-42-21-20-33(25-36(42)39-28-46-23-22-43(39)47)49-41-17-9-7-15-35(41)38-26-37-34-14-6-8-16-40(34)48(44(37)27-45(38)49)32-19-18-29-10-4-5-11-30(29)24-32;1-2-12-31(13-3-1)47-40-16-8-6-14-34(40)37-26-38-35-15-7-9-17-41(35)49(45(38)27-44(37)47)33-20-21-42-36(25-33)39-28-46-23-22-43(39)48(42)32-19-18-29-10-4-5-11-30(29)24-32;1-3-11-26(12-4-1)43-35-17-9-7-15-29(35)32-22-33-30-16-8-10-18-36(30)44(39(33)23-38(32)43)28-19-20-37-31(21-28)34-24-41-25-42-40(34)45(37)27-13-5-2-6-14-27/h2*1-28H;1-25H. The van der Waals surface area contributed by atoms with Gasteiger partial charge in [0.25, 0.3) is 0 Å². The Bertz CT molecular complexity index is 10900. The predicted molar refractivity (Wildman–Crippen MR) is 595 cm³/mol. The molecule has 0 saturated carbocycles. The van der Waals surface area contributed by atoms with Gasteiger partial charge in [0.2, 0.25) is 0 Å². The molecular weight excluding hydrogens is 1740 g/mol. The molecule has 13 heteroatoms. The van der Waals surface area contributed by atoms with E-state index < -0.39 is 0 Å². The van der Waals surface area contributed by atoms with E-state index in [0.29, 0.717) is 0 Å². The number of nitrogens with zero attached hydrogens (tertiary/aromatic N) is 13. The van der Waals surface area contributed by atoms with Crippen LogP contribution in [0, 0.1) is 0 Å². The van der Waals surface area contributed by atoms with Crippen LogP contribution in [0.15, 0.2) is 492 Å². The number of para-hydroxylation sites is 10. The summed E-state index contributed by atoms with van der Waals surface area (Å²) in [7, 11) is 0. The summed E-state index contributed by atoms with van der Waals surface area (Å²) in [6.45, 7) is 0. The van der Waals surface area contributed by atoms with Crippen molar-refractivity contribution in [3.05, 3.63) is 492 Å². The van der Waals surface area contributed by atoms with Crippen molar-refractivity contribution in [1.82, 2.24) is 61.0 Å². The molecule has 20 aromatic carbocycles. The monoisotopic (exact) mass is 1820 g/mol. The van der Waals surface area contributed by atoms with E-state index >= 15 is 0 Å². The number of hydrogen-bond donors (Lipinski definition) is 0. The van der Waals surface area contributed by atoms with Crippen LogP contribution in [0.4, 0.5) is 0 Å². The molecule has 0 aliphatic heterocycles. The second-order valence-electron chi connectivity index (χ2n) is 37.3. The molecule has 0 aliphatic rings. The Balaban J connectivity index is 0.000000100. The molecule has 666 valence electrons. The van der Waals surface area contributed by atoms with E-state index in [-0.39, 0.29) is 0 Å². The highest BCUT2D eigenvalue weighted by molar-refractivity contribution is 6.24. The maximum absolute atomic E-state index is 4.72. The Morgan fingerprint density at radius 3 is 0.699 bits per heavy atom. The minimum absolute atomic E-state index is 0.902. The molecule has 0 spiro atoms. The van der Waals surface area contributed by atoms with Crippen LogP contribution >= 0.6 is 0 Å². The minimum atomic E-state index is 0.902. The van der Waals surface area contributed by atoms with Gasteiger partial charge in [-0.1, -0.05) is 243 Å². The SMILES string of the molecule is c1ccc(-n2c3ccccc3c3cc4c5ccccc5n(-c5ccc6c(c5)c5cnccc5n6-c5ccc6ccccc6c5)c4cc32)cc1.c1ccc(-n2c3ccccc3c3cc4c5ccccc5n(-c5ccc6c(c5)c5cncnc5n6-c5ccccc5)c4cc32)cc1.c1ccc(-n2c3ccncc3c3cc(-n4c5ccccc5c5cc6c7ccccc7n(-c7ccc8ccccc8c7)c6cc54)ccc32)cc1. The van der Waals surface area contributed by atoms with Crippen molar-refractivity contribution in [2.75, 3.05) is 0 Å². The first-order valence-corrected chi connectivity index (χ1v) is 48.6. The Morgan fingerprint density at radius 1 is 0.126 bits per heavy atom. The summed E-state index contributed by atoms with van der Waals surface area (Å²) in [6.07, 6.45) is 11.3. The van der Waals surface area contributed by atoms with Crippen LogP contribution in [0.25, 0.3) is 269 Å². The lowest BCUT2D eigenvalue weighted by Crippen LogP contribution is -1.97. The lowest BCUT2D eigenvalue weighted by molar-refractivity contribution is 1.11. The van der Waals surface area contributed by atoms with Gasteiger partial charge in [0.15, 0.2) is 0 Å². The van der Waals surface area contributed by atoms with E-state index in [1.54, 1.807) is 6.33 Å². The molecule has 0 amide bonds. The largest absolute Gasteiger partial charge is 0.309 e. The molecule has 12 aromatic heterocycles. The maximum atomic E-state index is 4.72. The first-order chi connectivity index (χ1) is 71.0. The van der Waals surface area contributed by atoms with Gasteiger partial charge in [-0.05, 0) is 234 Å². The fraction of sp³-hybridized carbons (Fsp3) is 0. The fourth-order valence-electron chi connectivity index (χ4n) is 23.6. The van der Waals surface area contributed by atoms with Gasteiger partial charge >= 0.3 is 0 Å². The summed E-state index contributed by atoms with van der Waals surface area (Å²) in [4.78, 5) is 18.3. The van der Waals surface area contributed by atoms with Crippen LogP contribution in [-0.2, 0) is 0 Å². The van der Waals surface area contributed by atoms with Crippen molar-refractivity contribution in [3.63, 3.8) is 0 Å². The van der Waals surface area contributed by atoms with Crippen molar-refractivity contribution >= 4 is 218 Å². The van der Waals surface area contributed by atoms with Crippen LogP contribution in [0.5, 0.6) is 0 Å². The zero-order valence-corrected chi connectivity index (χ0v) is 77.1. The van der Waals surface area contributed by atoms with E-state index in [0.717, 1.165) is 106 Å². The number of hydrogen-bond acceptors (Lipinski definition) is 4. The lowest BCUT2D eigenvalue weighted by Gasteiger charge is -2.12. The minimum Gasteiger partial charge on any atom is -0.309 e. The maximum Gasteiger partial charge on any atom is 0.148 e. The van der Waals surface area contributed by atoms with Crippen LogP contribution < -0.4 is 0 Å². The highest BCUT2D eigenvalue weighted by Gasteiger charge is 2.27. The van der Waals surface area contributed by atoms with Crippen LogP contribution in [-0.4, -0.2) is 61.0 Å². The van der Waals surface area contributed by atoms with Gasteiger partial charge in [0.05, 0.1) is 93.8 Å². The normalized spacial score (nSPS) is 12.1. The van der Waals surface area contributed by atoms with Crippen LogP contribution in [0.3, 0.4) is 0 Å². The quantitative estimate of drug-likeness (QED) is 0.144. The summed E-state index contributed by atoms with van der Waals surface area (Å²) in [6, 6.07) is 165. The molecule has 0 fully saturated rings. The summed E-state index contributed by atoms with van der Waals surface area (Å²) >= 11 is 0. The average molecular weight is 1830 g/mol. The molecule has 13 nitrogen and oxygen atoms in total. The average Bonchev–Trinajstić information content (AvgIpc) is 1.56. The molecule has 0 saturated heterocycles. The zero-order valence-electron chi connectivity index (χ0n) is 77.1.